The number of carbonyl (C=O) groups is 1. The maximum Gasteiger partial charge on any atom is 0.240 e. The number of fused-ring (bicyclic) bond motifs is 1. The molecule has 0 saturated carbocycles. The Balaban J connectivity index is 1.64. The van der Waals surface area contributed by atoms with Gasteiger partial charge < -0.3 is 5.32 Å². The van der Waals surface area contributed by atoms with Gasteiger partial charge in [-0.3, -0.25) is 4.79 Å². The minimum absolute atomic E-state index is 0.00223. The van der Waals surface area contributed by atoms with Crippen molar-refractivity contribution in [2.45, 2.75) is 31.6 Å². The maximum atomic E-state index is 12.4. The molecule has 0 radical (unpaired) electrons. The smallest absolute Gasteiger partial charge is 0.240 e. The Morgan fingerprint density at radius 2 is 1.88 bits per heavy atom. The van der Waals surface area contributed by atoms with Gasteiger partial charge in [0.2, 0.25) is 15.9 Å². The van der Waals surface area contributed by atoms with Crippen LogP contribution in [0.3, 0.4) is 0 Å². The van der Waals surface area contributed by atoms with E-state index < -0.39 is 10.0 Å². The molecule has 1 aliphatic rings. The second kappa shape index (κ2) is 6.37. The lowest BCUT2D eigenvalue weighted by atomic mass is 10.1. The number of amides is 1. The summed E-state index contributed by atoms with van der Waals surface area (Å²) in [6.45, 7) is 4.16. The first-order valence-corrected chi connectivity index (χ1v) is 9.32. The van der Waals surface area contributed by atoms with Crippen molar-refractivity contribution < 1.29 is 13.2 Å². The summed E-state index contributed by atoms with van der Waals surface area (Å²) in [4.78, 5) is 11.6. The molecule has 0 aliphatic carbocycles. The molecule has 24 heavy (non-hydrogen) atoms. The first-order chi connectivity index (χ1) is 11.3. The lowest BCUT2D eigenvalue weighted by Gasteiger charge is -2.09. The highest BCUT2D eigenvalue weighted by Gasteiger charge is 2.18. The number of rotatable bonds is 5. The molecule has 0 unspecified atom stereocenters. The Morgan fingerprint density at radius 3 is 2.62 bits per heavy atom. The Labute approximate surface area is 142 Å². The van der Waals surface area contributed by atoms with Crippen molar-refractivity contribution in [1.29, 1.82) is 0 Å². The summed E-state index contributed by atoms with van der Waals surface area (Å²) in [5.74, 6) is -0.00223. The van der Waals surface area contributed by atoms with Gasteiger partial charge >= 0.3 is 0 Å². The lowest BCUT2D eigenvalue weighted by Crippen LogP contribution is -2.26. The van der Waals surface area contributed by atoms with Gasteiger partial charge in [0.15, 0.2) is 0 Å². The first kappa shape index (κ1) is 16.7. The Kier molecular flexibility index (Phi) is 4.43. The highest BCUT2D eigenvalue weighted by Crippen LogP contribution is 2.24. The predicted octanol–water partition coefficient (Wildman–Crippen LogP) is 2.32. The quantitative estimate of drug-likeness (QED) is 0.874. The van der Waals surface area contributed by atoms with Gasteiger partial charge in [-0.15, -0.1) is 0 Å². The van der Waals surface area contributed by atoms with Crippen molar-refractivity contribution in [1.82, 2.24) is 4.72 Å². The maximum absolute atomic E-state index is 12.4. The van der Waals surface area contributed by atoms with E-state index in [1.807, 2.05) is 38.1 Å². The molecule has 3 rings (SSSR count). The highest BCUT2D eigenvalue weighted by molar-refractivity contribution is 7.89. The molecule has 2 aromatic rings. The van der Waals surface area contributed by atoms with Gasteiger partial charge in [0.25, 0.3) is 0 Å². The van der Waals surface area contributed by atoms with E-state index in [1.165, 1.54) is 0 Å². The van der Waals surface area contributed by atoms with E-state index in [0.29, 0.717) is 19.4 Å². The minimum atomic E-state index is -3.51. The monoisotopic (exact) mass is 344 g/mol. The third-order valence-electron chi connectivity index (χ3n) is 4.29. The van der Waals surface area contributed by atoms with Gasteiger partial charge in [-0.1, -0.05) is 18.2 Å². The van der Waals surface area contributed by atoms with Crippen LogP contribution in [-0.2, 0) is 27.7 Å². The molecule has 0 fully saturated rings. The molecule has 2 aromatic carbocycles. The Hall–Kier alpha value is -2.18. The van der Waals surface area contributed by atoms with Crippen LogP contribution in [0.1, 0.15) is 22.3 Å². The van der Waals surface area contributed by atoms with Crippen LogP contribution < -0.4 is 10.0 Å². The predicted molar refractivity (Wildman–Crippen MR) is 93.6 cm³/mol. The second-order valence-corrected chi connectivity index (χ2v) is 7.88. The minimum Gasteiger partial charge on any atom is -0.326 e. The SMILES string of the molecule is Cc1ccc(S(=O)(=O)NCCc2ccc3c(c2)CC(=O)N3)cc1C. The number of carbonyl (C=O) groups excluding carboxylic acids is 1. The Morgan fingerprint density at radius 1 is 1.08 bits per heavy atom. The summed E-state index contributed by atoms with van der Waals surface area (Å²) in [6.07, 6.45) is 0.961. The lowest BCUT2D eigenvalue weighted by molar-refractivity contribution is -0.115. The molecule has 6 heteroatoms. The van der Waals surface area contributed by atoms with Crippen molar-refractivity contribution in [3.05, 3.63) is 58.7 Å². The summed E-state index contributed by atoms with van der Waals surface area (Å²) in [5, 5.41) is 2.79. The normalized spacial score (nSPS) is 13.7. The molecular weight excluding hydrogens is 324 g/mol. The molecular formula is C18H20N2O3S. The van der Waals surface area contributed by atoms with E-state index in [1.54, 1.807) is 12.1 Å². The van der Waals surface area contributed by atoms with Gasteiger partial charge in [-0.2, -0.15) is 0 Å². The van der Waals surface area contributed by atoms with Crippen LogP contribution >= 0.6 is 0 Å². The van der Waals surface area contributed by atoms with Gasteiger partial charge in [0, 0.05) is 12.2 Å². The third-order valence-corrected chi connectivity index (χ3v) is 5.75. The van der Waals surface area contributed by atoms with Gasteiger partial charge in [0.1, 0.15) is 0 Å². The number of hydrogen-bond acceptors (Lipinski definition) is 3. The fourth-order valence-corrected chi connectivity index (χ4v) is 3.85. The number of hydrogen-bond donors (Lipinski definition) is 2. The molecule has 2 N–H and O–H groups in total. The van der Waals surface area contributed by atoms with Crippen LogP contribution in [0.2, 0.25) is 0 Å². The van der Waals surface area contributed by atoms with Crippen LogP contribution in [0.15, 0.2) is 41.3 Å². The molecule has 0 aromatic heterocycles. The first-order valence-electron chi connectivity index (χ1n) is 7.84. The van der Waals surface area contributed by atoms with E-state index in [-0.39, 0.29) is 10.8 Å². The number of sulfonamides is 1. The van der Waals surface area contributed by atoms with Crippen LogP contribution in [0.5, 0.6) is 0 Å². The summed E-state index contributed by atoms with van der Waals surface area (Å²) in [6, 6.07) is 10.9. The third kappa shape index (κ3) is 3.49. The summed E-state index contributed by atoms with van der Waals surface area (Å²) < 4.78 is 27.3. The molecule has 126 valence electrons. The van der Waals surface area contributed by atoms with Gasteiger partial charge in [-0.25, -0.2) is 13.1 Å². The zero-order chi connectivity index (χ0) is 17.3. The molecule has 5 nitrogen and oxygen atoms in total. The van der Waals surface area contributed by atoms with Crippen LogP contribution in [-0.4, -0.2) is 20.9 Å². The average molecular weight is 344 g/mol. The molecule has 0 spiro atoms. The summed E-state index contributed by atoms with van der Waals surface area (Å²) >= 11 is 0. The van der Waals surface area contributed by atoms with E-state index in [0.717, 1.165) is 27.9 Å². The van der Waals surface area contributed by atoms with Crippen molar-refractivity contribution in [2.75, 3.05) is 11.9 Å². The highest BCUT2D eigenvalue weighted by atomic mass is 32.2. The van der Waals surface area contributed by atoms with Gasteiger partial charge in [-0.05, 0) is 60.7 Å². The molecule has 0 atom stereocenters. The van der Waals surface area contributed by atoms with E-state index >= 15 is 0 Å². The molecule has 1 aliphatic heterocycles. The topological polar surface area (TPSA) is 75.3 Å². The summed E-state index contributed by atoms with van der Waals surface area (Å²) in [7, 11) is -3.51. The van der Waals surface area contributed by atoms with E-state index in [9.17, 15) is 13.2 Å². The number of aryl methyl sites for hydroxylation is 2. The summed E-state index contributed by atoms with van der Waals surface area (Å²) in [5.41, 5.74) is 4.84. The second-order valence-electron chi connectivity index (χ2n) is 6.11. The van der Waals surface area contributed by atoms with Gasteiger partial charge in [0.05, 0.1) is 11.3 Å². The molecule has 1 heterocycles. The zero-order valence-electron chi connectivity index (χ0n) is 13.7. The average Bonchev–Trinajstić information content (AvgIpc) is 2.89. The van der Waals surface area contributed by atoms with Crippen LogP contribution in [0, 0.1) is 13.8 Å². The van der Waals surface area contributed by atoms with Crippen molar-refractivity contribution in [2.24, 2.45) is 0 Å². The van der Waals surface area contributed by atoms with E-state index in [4.69, 9.17) is 0 Å². The van der Waals surface area contributed by atoms with Crippen molar-refractivity contribution in [3.63, 3.8) is 0 Å². The van der Waals surface area contributed by atoms with Crippen LogP contribution in [0.25, 0.3) is 0 Å². The fourth-order valence-electron chi connectivity index (χ4n) is 2.73. The van der Waals surface area contributed by atoms with Crippen molar-refractivity contribution >= 4 is 21.6 Å². The number of nitrogens with one attached hydrogen (secondary N) is 2. The zero-order valence-corrected chi connectivity index (χ0v) is 14.5. The van der Waals surface area contributed by atoms with Crippen molar-refractivity contribution in [3.8, 4) is 0 Å². The van der Waals surface area contributed by atoms with Crippen LogP contribution in [0.4, 0.5) is 5.69 Å². The molecule has 0 saturated heterocycles. The molecule has 1 amide bonds. The number of benzene rings is 2. The largest absolute Gasteiger partial charge is 0.326 e. The van der Waals surface area contributed by atoms with E-state index in [2.05, 4.69) is 10.0 Å². The standard InChI is InChI=1S/C18H20N2O3S/c1-12-3-5-16(9-13(12)2)24(22,23)19-8-7-14-4-6-17-15(10-14)11-18(21)20-17/h3-6,9-10,19H,7-8,11H2,1-2H3,(H,20,21). The number of anilines is 1. The fraction of sp³-hybridized carbons (Fsp3) is 0.278. The molecule has 0 bridgehead atoms. The Bertz CT molecular complexity index is 904.